The van der Waals surface area contributed by atoms with E-state index in [-0.39, 0.29) is 5.60 Å². The molecule has 1 fully saturated rings. The van der Waals surface area contributed by atoms with Crippen molar-refractivity contribution in [2.45, 2.75) is 84.8 Å². The van der Waals surface area contributed by atoms with Crippen LogP contribution >= 0.6 is 0 Å². The first-order valence-electron chi connectivity index (χ1n) is 8.35. The zero-order valence-electron chi connectivity index (χ0n) is 13.8. The molecule has 1 saturated carbocycles. The molecule has 1 unspecified atom stereocenters. The van der Waals surface area contributed by atoms with Gasteiger partial charge >= 0.3 is 0 Å². The maximum Gasteiger partial charge on any atom is 0.0806 e. The topological polar surface area (TPSA) is 21.3 Å². The zero-order chi connectivity index (χ0) is 14.3. The lowest BCUT2D eigenvalue weighted by Crippen LogP contribution is -2.48. The Bertz CT molecular complexity index is 231. The van der Waals surface area contributed by atoms with Crippen LogP contribution in [0.4, 0.5) is 0 Å². The van der Waals surface area contributed by atoms with Crippen molar-refractivity contribution in [1.29, 1.82) is 0 Å². The Hall–Kier alpha value is -0.0800. The SMILES string of the molecule is CCCC(C)COC1(CNC(C)C)CCC(C)CC1. The van der Waals surface area contributed by atoms with E-state index < -0.39 is 0 Å². The van der Waals surface area contributed by atoms with Crippen molar-refractivity contribution in [3.8, 4) is 0 Å². The van der Waals surface area contributed by atoms with E-state index in [1.807, 2.05) is 0 Å². The molecule has 114 valence electrons. The van der Waals surface area contributed by atoms with Gasteiger partial charge in [-0.15, -0.1) is 0 Å². The van der Waals surface area contributed by atoms with Gasteiger partial charge in [0, 0.05) is 19.2 Å². The van der Waals surface area contributed by atoms with Crippen molar-refractivity contribution < 1.29 is 4.74 Å². The molecule has 0 heterocycles. The van der Waals surface area contributed by atoms with Gasteiger partial charge in [0.25, 0.3) is 0 Å². The minimum atomic E-state index is 0.110. The second kappa shape index (κ2) is 8.26. The molecule has 0 aliphatic heterocycles. The summed E-state index contributed by atoms with van der Waals surface area (Å²) >= 11 is 0. The van der Waals surface area contributed by atoms with Gasteiger partial charge in [-0.25, -0.2) is 0 Å². The predicted molar refractivity (Wildman–Crippen MR) is 83.5 cm³/mol. The lowest BCUT2D eigenvalue weighted by Gasteiger charge is -2.40. The van der Waals surface area contributed by atoms with E-state index in [9.17, 15) is 0 Å². The maximum absolute atomic E-state index is 6.42. The maximum atomic E-state index is 6.42. The van der Waals surface area contributed by atoms with E-state index in [1.165, 1.54) is 38.5 Å². The molecule has 0 spiro atoms. The molecule has 1 aliphatic rings. The van der Waals surface area contributed by atoms with Crippen molar-refractivity contribution in [3.63, 3.8) is 0 Å². The molecule has 0 bridgehead atoms. The highest BCUT2D eigenvalue weighted by Gasteiger charge is 2.35. The summed E-state index contributed by atoms with van der Waals surface area (Å²) in [4.78, 5) is 0. The van der Waals surface area contributed by atoms with E-state index in [0.29, 0.717) is 12.0 Å². The lowest BCUT2D eigenvalue weighted by molar-refractivity contribution is -0.0875. The summed E-state index contributed by atoms with van der Waals surface area (Å²) in [7, 11) is 0. The van der Waals surface area contributed by atoms with E-state index >= 15 is 0 Å². The van der Waals surface area contributed by atoms with Crippen LogP contribution in [-0.4, -0.2) is 24.8 Å². The summed E-state index contributed by atoms with van der Waals surface area (Å²) in [5.74, 6) is 1.57. The van der Waals surface area contributed by atoms with Crippen LogP contribution < -0.4 is 5.32 Å². The molecule has 1 aliphatic carbocycles. The smallest absolute Gasteiger partial charge is 0.0806 e. The minimum Gasteiger partial charge on any atom is -0.373 e. The molecule has 19 heavy (non-hydrogen) atoms. The van der Waals surface area contributed by atoms with E-state index in [0.717, 1.165) is 19.1 Å². The van der Waals surface area contributed by atoms with Crippen molar-refractivity contribution >= 4 is 0 Å². The number of ether oxygens (including phenoxy) is 1. The number of hydrogen-bond donors (Lipinski definition) is 1. The van der Waals surface area contributed by atoms with Gasteiger partial charge < -0.3 is 10.1 Å². The van der Waals surface area contributed by atoms with Gasteiger partial charge in [0.15, 0.2) is 0 Å². The molecule has 2 nitrogen and oxygen atoms in total. The van der Waals surface area contributed by atoms with Gasteiger partial charge in [0.05, 0.1) is 5.60 Å². The molecule has 1 atom stereocenters. The van der Waals surface area contributed by atoms with Crippen LogP contribution in [0.5, 0.6) is 0 Å². The molecule has 2 heteroatoms. The summed E-state index contributed by atoms with van der Waals surface area (Å²) in [5.41, 5.74) is 0.110. The highest BCUT2D eigenvalue weighted by molar-refractivity contribution is 4.89. The monoisotopic (exact) mass is 269 g/mol. The van der Waals surface area contributed by atoms with Crippen LogP contribution in [-0.2, 0) is 4.74 Å². The Labute approximate surface area is 120 Å². The fourth-order valence-electron chi connectivity index (χ4n) is 2.95. The molecule has 0 aromatic heterocycles. The molecule has 0 radical (unpaired) electrons. The lowest BCUT2D eigenvalue weighted by atomic mass is 9.79. The molecular weight excluding hydrogens is 234 g/mol. The predicted octanol–water partition coefficient (Wildman–Crippen LogP) is 4.39. The van der Waals surface area contributed by atoms with Gasteiger partial charge in [-0.2, -0.15) is 0 Å². The fourth-order valence-corrected chi connectivity index (χ4v) is 2.95. The first kappa shape index (κ1) is 17.0. The average Bonchev–Trinajstić information content (AvgIpc) is 2.37. The normalized spacial score (nSPS) is 29.7. The largest absolute Gasteiger partial charge is 0.373 e. The van der Waals surface area contributed by atoms with Gasteiger partial charge in [0.2, 0.25) is 0 Å². The van der Waals surface area contributed by atoms with Crippen molar-refractivity contribution in [2.75, 3.05) is 13.2 Å². The standard InChI is InChI=1S/C17H35NO/c1-6-7-16(5)12-19-17(13-18-14(2)3)10-8-15(4)9-11-17/h14-16,18H,6-13H2,1-5H3. The molecule has 1 rings (SSSR count). The number of hydrogen-bond acceptors (Lipinski definition) is 2. The van der Waals surface area contributed by atoms with Crippen molar-refractivity contribution in [3.05, 3.63) is 0 Å². The Balaban J connectivity index is 2.49. The Morgan fingerprint density at radius 2 is 1.84 bits per heavy atom. The quantitative estimate of drug-likeness (QED) is 0.706. The van der Waals surface area contributed by atoms with Gasteiger partial charge in [0.1, 0.15) is 0 Å². The van der Waals surface area contributed by atoms with Gasteiger partial charge in [-0.3, -0.25) is 0 Å². The van der Waals surface area contributed by atoms with Crippen LogP contribution in [0.15, 0.2) is 0 Å². The van der Waals surface area contributed by atoms with E-state index in [4.69, 9.17) is 4.74 Å². The second-order valence-electron chi connectivity index (χ2n) is 7.11. The summed E-state index contributed by atoms with van der Waals surface area (Å²) in [6.45, 7) is 13.4. The highest BCUT2D eigenvalue weighted by Crippen LogP contribution is 2.35. The van der Waals surface area contributed by atoms with Crippen LogP contribution in [0.3, 0.4) is 0 Å². The number of nitrogens with one attached hydrogen (secondary N) is 1. The average molecular weight is 269 g/mol. The summed E-state index contributed by atoms with van der Waals surface area (Å²) in [5, 5.41) is 3.60. The molecule has 0 saturated heterocycles. The summed E-state index contributed by atoms with van der Waals surface area (Å²) in [6, 6.07) is 0.549. The van der Waals surface area contributed by atoms with Gasteiger partial charge in [-0.05, 0) is 43.9 Å². The van der Waals surface area contributed by atoms with Crippen LogP contribution in [0.25, 0.3) is 0 Å². The van der Waals surface area contributed by atoms with Crippen LogP contribution in [0, 0.1) is 11.8 Å². The molecule has 0 aromatic carbocycles. The summed E-state index contributed by atoms with van der Waals surface area (Å²) < 4.78 is 6.42. The molecule has 0 aromatic rings. The van der Waals surface area contributed by atoms with Crippen molar-refractivity contribution in [1.82, 2.24) is 5.32 Å². The zero-order valence-corrected chi connectivity index (χ0v) is 13.8. The van der Waals surface area contributed by atoms with Crippen LogP contribution in [0.2, 0.25) is 0 Å². The minimum absolute atomic E-state index is 0.110. The Morgan fingerprint density at radius 1 is 1.21 bits per heavy atom. The van der Waals surface area contributed by atoms with Crippen LogP contribution in [0.1, 0.15) is 73.1 Å². The van der Waals surface area contributed by atoms with Gasteiger partial charge in [-0.1, -0.05) is 41.0 Å². The Kier molecular flexibility index (Phi) is 7.38. The molecule has 1 N–H and O–H groups in total. The first-order valence-corrected chi connectivity index (χ1v) is 8.35. The first-order chi connectivity index (χ1) is 8.97. The van der Waals surface area contributed by atoms with E-state index in [1.54, 1.807) is 0 Å². The van der Waals surface area contributed by atoms with Crippen molar-refractivity contribution in [2.24, 2.45) is 11.8 Å². The van der Waals surface area contributed by atoms with E-state index in [2.05, 4.69) is 39.9 Å². The molecule has 0 amide bonds. The third-order valence-electron chi connectivity index (χ3n) is 4.47. The highest BCUT2D eigenvalue weighted by atomic mass is 16.5. The second-order valence-corrected chi connectivity index (χ2v) is 7.11. The number of rotatable bonds is 8. The molecular formula is C17H35NO. The fraction of sp³-hybridized carbons (Fsp3) is 1.00. The Morgan fingerprint density at radius 3 is 2.37 bits per heavy atom. The third kappa shape index (κ3) is 6.27. The summed E-state index contributed by atoms with van der Waals surface area (Å²) in [6.07, 6.45) is 7.65. The third-order valence-corrected chi connectivity index (χ3v) is 4.47.